The number of likely N-dealkylation sites (N-methyl/N-ethyl adjacent to an activating group) is 1. The molecule has 0 radical (unpaired) electrons. The molecule has 0 aromatic heterocycles. The Morgan fingerprint density at radius 3 is 2.79 bits per heavy atom. The van der Waals surface area contributed by atoms with Gasteiger partial charge in [-0.25, -0.2) is 0 Å². The second kappa shape index (κ2) is 5.84. The molecule has 0 saturated carbocycles. The van der Waals surface area contributed by atoms with Gasteiger partial charge in [-0.3, -0.25) is 9.59 Å². The van der Waals surface area contributed by atoms with Crippen LogP contribution in [0.1, 0.15) is 15.9 Å². The molecule has 2 rings (SSSR count). The minimum atomic E-state index is -0.439. The third kappa shape index (κ3) is 2.76. The average Bonchev–Trinajstić information content (AvgIpc) is 2.46. The van der Waals surface area contributed by atoms with E-state index in [-0.39, 0.29) is 11.8 Å². The fourth-order valence-corrected chi connectivity index (χ4v) is 2.32. The first-order chi connectivity index (χ1) is 9.15. The highest BCUT2D eigenvalue weighted by molar-refractivity contribution is 5.98. The van der Waals surface area contributed by atoms with Crippen LogP contribution in [-0.2, 0) is 4.79 Å². The van der Waals surface area contributed by atoms with E-state index in [4.69, 9.17) is 0 Å². The molecule has 5 nitrogen and oxygen atoms in total. The quantitative estimate of drug-likeness (QED) is 0.797. The van der Waals surface area contributed by atoms with Crippen molar-refractivity contribution >= 4 is 11.8 Å². The van der Waals surface area contributed by atoms with Crippen LogP contribution in [0, 0.1) is 6.92 Å². The van der Waals surface area contributed by atoms with Crippen molar-refractivity contribution in [3.8, 4) is 0 Å². The molecule has 102 valence electrons. The molecule has 1 heterocycles. The summed E-state index contributed by atoms with van der Waals surface area (Å²) in [5.41, 5.74) is 1.60. The number of carbonyl (C=O) groups excluding carboxylic acids is 2. The molecule has 5 heteroatoms. The third-order valence-electron chi connectivity index (χ3n) is 3.43. The molecule has 0 aliphatic carbocycles. The highest BCUT2D eigenvalue weighted by atomic mass is 16.2. The summed E-state index contributed by atoms with van der Waals surface area (Å²) in [5, 5.41) is 5.76. The van der Waals surface area contributed by atoms with Gasteiger partial charge in [0, 0.05) is 32.2 Å². The molecule has 1 saturated heterocycles. The van der Waals surface area contributed by atoms with E-state index < -0.39 is 6.04 Å². The van der Waals surface area contributed by atoms with Crippen molar-refractivity contribution < 1.29 is 9.59 Å². The van der Waals surface area contributed by atoms with E-state index in [1.54, 1.807) is 18.0 Å². The summed E-state index contributed by atoms with van der Waals surface area (Å²) in [6.45, 7) is 3.66. The van der Waals surface area contributed by atoms with Gasteiger partial charge in [0.2, 0.25) is 5.91 Å². The van der Waals surface area contributed by atoms with Gasteiger partial charge in [-0.2, -0.15) is 0 Å². The Balaban J connectivity index is 2.25. The number of aryl methyl sites for hydroxylation is 1. The molecule has 19 heavy (non-hydrogen) atoms. The molecule has 1 atom stereocenters. The van der Waals surface area contributed by atoms with E-state index in [9.17, 15) is 9.59 Å². The molecule has 1 unspecified atom stereocenters. The first-order valence-corrected chi connectivity index (χ1v) is 6.44. The molecule has 1 aromatic rings. The Labute approximate surface area is 113 Å². The number of nitrogens with one attached hydrogen (secondary N) is 2. The largest absolute Gasteiger partial charge is 0.357 e. The van der Waals surface area contributed by atoms with Crippen LogP contribution in [-0.4, -0.2) is 49.4 Å². The van der Waals surface area contributed by atoms with Gasteiger partial charge in [-0.05, 0) is 18.6 Å². The van der Waals surface area contributed by atoms with E-state index >= 15 is 0 Å². The lowest BCUT2D eigenvalue weighted by Gasteiger charge is -2.35. The fourth-order valence-electron chi connectivity index (χ4n) is 2.32. The average molecular weight is 261 g/mol. The number of carbonyl (C=O) groups is 2. The maximum Gasteiger partial charge on any atom is 0.254 e. The lowest BCUT2D eigenvalue weighted by Crippen LogP contribution is -2.59. The maximum atomic E-state index is 12.6. The van der Waals surface area contributed by atoms with Gasteiger partial charge in [-0.15, -0.1) is 0 Å². The van der Waals surface area contributed by atoms with E-state index in [1.165, 1.54) is 0 Å². The molecule has 1 fully saturated rings. The monoisotopic (exact) mass is 261 g/mol. The number of rotatable bonds is 2. The van der Waals surface area contributed by atoms with Gasteiger partial charge in [0.15, 0.2) is 0 Å². The van der Waals surface area contributed by atoms with Gasteiger partial charge in [0.05, 0.1) is 0 Å². The first kappa shape index (κ1) is 13.5. The zero-order chi connectivity index (χ0) is 13.8. The Hall–Kier alpha value is -1.88. The highest BCUT2D eigenvalue weighted by Gasteiger charge is 2.32. The van der Waals surface area contributed by atoms with Crippen molar-refractivity contribution in [2.75, 3.05) is 26.7 Å². The SMILES string of the molecule is CNC(=O)C1CNCCN1C(=O)c1ccccc1C. The van der Waals surface area contributed by atoms with Crippen LogP contribution in [0.5, 0.6) is 0 Å². The summed E-state index contributed by atoms with van der Waals surface area (Å²) in [5.74, 6) is -0.206. The Kier molecular flexibility index (Phi) is 4.16. The number of nitrogens with zero attached hydrogens (tertiary/aromatic N) is 1. The van der Waals surface area contributed by atoms with E-state index in [1.807, 2.05) is 25.1 Å². The minimum Gasteiger partial charge on any atom is -0.357 e. The van der Waals surface area contributed by atoms with E-state index in [0.29, 0.717) is 25.2 Å². The predicted octanol–water partition coefficient (Wildman–Crippen LogP) is 0.155. The molecule has 1 aliphatic rings. The van der Waals surface area contributed by atoms with Crippen molar-refractivity contribution in [2.45, 2.75) is 13.0 Å². The fraction of sp³-hybridized carbons (Fsp3) is 0.429. The van der Waals surface area contributed by atoms with Crippen LogP contribution in [0.25, 0.3) is 0 Å². The maximum absolute atomic E-state index is 12.6. The summed E-state index contributed by atoms with van der Waals surface area (Å²) < 4.78 is 0. The topological polar surface area (TPSA) is 61.4 Å². The Morgan fingerprint density at radius 1 is 1.37 bits per heavy atom. The Morgan fingerprint density at radius 2 is 2.11 bits per heavy atom. The molecular weight excluding hydrogens is 242 g/mol. The summed E-state index contributed by atoms with van der Waals surface area (Å²) in [4.78, 5) is 26.1. The Bertz CT molecular complexity index is 487. The smallest absolute Gasteiger partial charge is 0.254 e. The lowest BCUT2D eigenvalue weighted by atomic mass is 10.1. The molecule has 2 N–H and O–H groups in total. The third-order valence-corrected chi connectivity index (χ3v) is 3.43. The molecular formula is C14H19N3O2. The lowest BCUT2D eigenvalue weighted by molar-refractivity contribution is -0.125. The molecule has 1 aromatic carbocycles. The molecule has 0 bridgehead atoms. The second-order valence-electron chi connectivity index (χ2n) is 4.65. The number of hydrogen-bond acceptors (Lipinski definition) is 3. The van der Waals surface area contributed by atoms with Crippen LogP contribution < -0.4 is 10.6 Å². The van der Waals surface area contributed by atoms with Crippen LogP contribution in [0.3, 0.4) is 0 Å². The van der Waals surface area contributed by atoms with Gasteiger partial charge in [-0.1, -0.05) is 18.2 Å². The number of piperazine rings is 1. The second-order valence-corrected chi connectivity index (χ2v) is 4.65. The highest BCUT2D eigenvalue weighted by Crippen LogP contribution is 2.14. The van der Waals surface area contributed by atoms with Crippen LogP contribution in [0.4, 0.5) is 0 Å². The molecule has 2 amide bonds. The number of hydrogen-bond donors (Lipinski definition) is 2. The zero-order valence-electron chi connectivity index (χ0n) is 11.3. The number of benzene rings is 1. The van der Waals surface area contributed by atoms with E-state index in [2.05, 4.69) is 10.6 Å². The predicted molar refractivity (Wildman–Crippen MR) is 72.9 cm³/mol. The molecule has 1 aliphatic heterocycles. The summed E-state index contributed by atoms with van der Waals surface area (Å²) >= 11 is 0. The van der Waals surface area contributed by atoms with Gasteiger partial charge >= 0.3 is 0 Å². The standard InChI is InChI=1S/C14H19N3O2/c1-10-5-3-4-6-11(10)14(19)17-8-7-16-9-12(17)13(18)15-2/h3-6,12,16H,7-9H2,1-2H3,(H,15,18). The van der Waals surface area contributed by atoms with Gasteiger partial charge < -0.3 is 15.5 Å². The summed E-state index contributed by atoms with van der Waals surface area (Å²) in [7, 11) is 1.59. The number of amides is 2. The minimum absolute atomic E-state index is 0.0757. The van der Waals surface area contributed by atoms with Crippen molar-refractivity contribution in [1.29, 1.82) is 0 Å². The summed E-state index contributed by atoms with van der Waals surface area (Å²) in [6.07, 6.45) is 0. The molecule has 0 spiro atoms. The normalized spacial score (nSPS) is 19.1. The van der Waals surface area contributed by atoms with Crippen LogP contribution in [0.2, 0.25) is 0 Å². The summed E-state index contributed by atoms with van der Waals surface area (Å²) in [6, 6.07) is 7.02. The van der Waals surface area contributed by atoms with Gasteiger partial charge in [0.25, 0.3) is 5.91 Å². The van der Waals surface area contributed by atoms with Crippen molar-refractivity contribution in [1.82, 2.24) is 15.5 Å². The van der Waals surface area contributed by atoms with Gasteiger partial charge in [0.1, 0.15) is 6.04 Å². The first-order valence-electron chi connectivity index (χ1n) is 6.44. The van der Waals surface area contributed by atoms with Crippen molar-refractivity contribution in [3.63, 3.8) is 0 Å². The van der Waals surface area contributed by atoms with Crippen LogP contribution >= 0.6 is 0 Å². The van der Waals surface area contributed by atoms with Crippen molar-refractivity contribution in [2.24, 2.45) is 0 Å². The zero-order valence-corrected chi connectivity index (χ0v) is 11.3. The van der Waals surface area contributed by atoms with Crippen LogP contribution in [0.15, 0.2) is 24.3 Å². The van der Waals surface area contributed by atoms with E-state index in [0.717, 1.165) is 5.56 Å². The van der Waals surface area contributed by atoms with Crippen molar-refractivity contribution in [3.05, 3.63) is 35.4 Å².